The maximum Gasteiger partial charge on any atom is 0.123 e. The van der Waals surface area contributed by atoms with Crippen LogP contribution in [-0.2, 0) is 0 Å². The predicted octanol–water partition coefficient (Wildman–Crippen LogP) is 2.47. The summed E-state index contributed by atoms with van der Waals surface area (Å²) >= 11 is 1.48. The van der Waals surface area contributed by atoms with Gasteiger partial charge in [0.05, 0.1) is 0 Å². The topological polar surface area (TPSA) is 59.1 Å². The quantitative estimate of drug-likeness (QED) is 0.850. The van der Waals surface area contributed by atoms with Gasteiger partial charge >= 0.3 is 0 Å². The number of aromatic nitrogens is 1. The summed E-state index contributed by atoms with van der Waals surface area (Å²) in [4.78, 5) is 4.12. The molecule has 0 aromatic carbocycles. The number of nitrogens with zero attached hydrogens (tertiary/aromatic N) is 1. The average Bonchev–Trinajstić information content (AvgIpc) is 2.83. The summed E-state index contributed by atoms with van der Waals surface area (Å²) in [5.41, 5.74) is 6.06. The van der Waals surface area contributed by atoms with Gasteiger partial charge in [0, 0.05) is 17.6 Å². The number of rotatable bonds is 4. The standard InChI is InChI=1S/C12H20N2OS/c13-10(8-9-4-2-1-3-5-9)11(15)12-14-6-7-16-12/h6-7,9-11,15H,1-5,8,13H2/t10-,11+/m1/s1. The minimum absolute atomic E-state index is 0.158. The summed E-state index contributed by atoms with van der Waals surface area (Å²) in [5.74, 6) is 0.707. The molecule has 1 saturated carbocycles. The van der Waals surface area contributed by atoms with E-state index < -0.39 is 6.10 Å². The second-order valence-corrected chi connectivity index (χ2v) is 5.64. The average molecular weight is 240 g/mol. The molecule has 0 bridgehead atoms. The molecule has 16 heavy (non-hydrogen) atoms. The largest absolute Gasteiger partial charge is 0.384 e. The van der Waals surface area contributed by atoms with Gasteiger partial charge in [0.1, 0.15) is 11.1 Å². The molecule has 0 spiro atoms. The van der Waals surface area contributed by atoms with Crippen molar-refractivity contribution < 1.29 is 5.11 Å². The second-order valence-electron chi connectivity index (χ2n) is 4.72. The molecule has 2 atom stereocenters. The van der Waals surface area contributed by atoms with Crippen LogP contribution in [0.4, 0.5) is 0 Å². The van der Waals surface area contributed by atoms with Gasteiger partial charge in [-0.2, -0.15) is 0 Å². The van der Waals surface area contributed by atoms with Gasteiger partial charge in [-0.05, 0) is 12.3 Å². The number of aliphatic hydroxyl groups excluding tert-OH is 1. The Hall–Kier alpha value is -0.450. The van der Waals surface area contributed by atoms with Crippen LogP contribution in [0.2, 0.25) is 0 Å². The van der Waals surface area contributed by atoms with E-state index in [1.54, 1.807) is 6.20 Å². The van der Waals surface area contributed by atoms with Crippen LogP contribution >= 0.6 is 11.3 Å². The molecule has 1 aromatic heterocycles. The SMILES string of the molecule is N[C@H](CC1CCCCC1)[C@H](O)c1nccs1. The fraction of sp³-hybridized carbons (Fsp3) is 0.750. The molecule has 2 rings (SSSR count). The lowest BCUT2D eigenvalue weighted by molar-refractivity contribution is 0.127. The fourth-order valence-corrected chi connectivity index (χ4v) is 3.20. The van der Waals surface area contributed by atoms with Crippen LogP contribution in [-0.4, -0.2) is 16.1 Å². The van der Waals surface area contributed by atoms with Gasteiger partial charge in [-0.1, -0.05) is 32.1 Å². The van der Waals surface area contributed by atoms with Gasteiger partial charge in [0.15, 0.2) is 0 Å². The molecule has 1 aliphatic rings. The Balaban J connectivity index is 1.84. The molecular weight excluding hydrogens is 220 g/mol. The lowest BCUT2D eigenvalue weighted by Gasteiger charge is -2.26. The molecule has 1 fully saturated rings. The Morgan fingerprint density at radius 2 is 2.19 bits per heavy atom. The first-order chi connectivity index (χ1) is 7.77. The molecule has 0 saturated heterocycles. The Bertz CT molecular complexity index is 296. The van der Waals surface area contributed by atoms with Gasteiger partial charge in [0.25, 0.3) is 0 Å². The van der Waals surface area contributed by atoms with Crippen molar-refractivity contribution >= 4 is 11.3 Å². The van der Waals surface area contributed by atoms with Crippen molar-refractivity contribution in [1.29, 1.82) is 0 Å². The lowest BCUT2D eigenvalue weighted by atomic mass is 9.84. The summed E-state index contributed by atoms with van der Waals surface area (Å²) in [6.07, 6.45) is 8.63. The van der Waals surface area contributed by atoms with Crippen LogP contribution in [0.3, 0.4) is 0 Å². The third-order valence-corrected chi connectivity index (χ3v) is 4.29. The zero-order valence-electron chi connectivity index (χ0n) is 9.51. The molecule has 4 heteroatoms. The van der Waals surface area contributed by atoms with Gasteiger partial charge < -0.3 is 10.8 Å². The first-order valence-electron chi connectivity index (χ1n) is 6.10. The van der Waals surface area contributed by atoms with Crippen molar-refractivity contribution in [2.45, 2.75) is 50.7 Å². The predicted molar refractivity (Wildman–Crippen MR) is 66.2 cm³/mol. The zero-order valence-corrected chi connectivity index (χ0v) is 10.3. The highest BCUT2D eigenvalue weighted by molar-refractivity contribution is 7.09. The molecule has 0 unspecified atom stereocenters. The van der Waals surface area contributed by atoms with E-state index in [2.05, 4.69) is 4.98 Å². The summed E-state index contributed by atoms with van der Waals surface area (Å²) in [7, 11) is 0. The summed E-state index contributed by atoms with van der Waals surface area (Å²) in [5, 5.41) is 12.7. The van der Waals surface area contributed by atoms with E-state index in [4.69, 9.17) is 5.73 Å². The molecule has 1 heterocycles. The summed E-state index contributed by atoms with van der Waals surface area (Å²) in [6.45, 7) is 0. The van der Waals surface area contributed by atoms with E-state index in [1.807, 2.05) is 5.38 Å². The third-order valence-electron chi connectivity index (χ3n) is 3.44. The molecule has 3 nitrogen and oxygen atoms in total. The summed E-state index contributed by atoms with van der Waals surface area (Å²) in [6, 6.07) is -0.158. The molecule has 1 aromatic rings. The van der Waals surface area contributed by atoms with Crippen molar-refractivity contribution in [3.8, 4) is 0 Å². The Labute approximate surface area is 101 Å². The van der Waals surface area contributed by atoms with Crippen LogP contribution in [0.1, 0.15) is 49.6 Å². The maximum atomic E-state index is 10.0. The third kappa shape index (κ3) is 3.03. The molecular formula is C12H20N2OS. The minimum Gasteiger partial charge on any atom is -0.384 e. The van der Waals surface area contributed by atoms with Crippen molar-refractivity contribution in [2.24, 2.45) is 11.7 Å². The molecule has 0 radical (unpaired) electrons. The number of thiazole rings is 1. The smallest absolute Gasteiger partial charge is 0.123 e. The maximum absolute atomic E-state index is 10.0. The highest BCUT2D eigenvalue weighted by Crippen LogP contribution is 2.30. The number of hydrogen-bond acceptors (Lipinski definition) is 4. The molecule has 1 aliphatic carbocycles. The van der Waals surface area contributed by atoms with Crippen LogP contribution in [0.15, 0.2) is 11.6 Å². The number of aliphatic hydroxyl groups is 1. The Kier molecular flexibility index (Phi) is 4.32. The van der Waals surface area contributed by atoms with Gasteiger partial charge in [-0.25, -0.2) is 4.98 Å². The second kappa shape index (κ2) is 5.75. The normalized spacial score (nSPS) is 21.9. The number of nitrogens with two attached hydrogens (primary N) is 1. The van der Waals surface area contributed by atoms with Crippen molar-refractivity contribution in [1.82, 2.24) is 4.98 Å². The van der Waals surface area contributed by atoms with E-state index in [0.29, 0.717) is 5.92 Å². The van der Waals surface area contributed by atoms with Gasteiger partial charge in [0.2, 0.25) is 0 Å². The van der Waals surface area contributed by atoms with Crippen LogP contribution in [0.5, 0.6) is 0 Å². The molecule has 0 aliphatic heterocycles. The monoisotopic (exact) mass is 240 g/mol. The van der Waals surface area contributed by atoms with E-state index in [1.165, 1.54) is 43.4 Å². The molecule has 3 N–H and O–H groups in total. The van der Waals surface area contributed by atoms with Crippen molar-refractivity contribution in [2.75, 3.05) is 0 Å². The lowest BCUT2D eigenvalue weighted by Crippen LogP contribution is -2.31. The van der Waals surface area contributed by atoms with E-state index >= 15 is 0 Å². The summed E-state index contributed by atoms with van der Waals surface area (Å²) < 4.78 is 0. The van der Waals surface area contributed by atoms with E-state index in [-0.39, 0.29) is 6.04 Å². The zero-order chi connectivity index (χ0) is 11.4. The van der Waals surface area contributed by atoms with E-state index in [9.17, 15) is 5.11 Å². The fourth-order valence-electron chi connectivity index (χ4n) is 2.50. The van der Waals surface area contributed by atoms with Gasteiger partial charge in [-0.15, -0.1) is 11.3 Å². The van der Waals surface area contributed by atoms with Crippen LogP contribution in [0, 0.1) is 5.92 Å². The van der Waals surface area contributed by atoms with Gasteiger partial charge in [-0.3, -0.25) is 0 Å². The first-order valence-corrected chi connectivity index (χ1v) is 6.98. The number of hydrogen-bond donors (Lipinski definition) is 2. The van der Waals surface area contributed by atoms with Crippen molar-refractivity contribution in [3.05, 3.63) is 16.6 Å². The van der Waals surface area contributed by atoms with E-state index in [0.717, 1.165) is 11.4 Å². The Morgan fingerprint density at radius 3 is 2.81 bits per heavy atom. The molecule has 0 amide bonds. The highest BCUT2D eigenvalue weighted by atomic mass is 32.1. The van der Waals surface area contributed by atoms with Crippen LogP contribution in [0.25, 0.3) is 0 Å². The first kappa shape index (κ1) is 12.0. The van der Waals surface area contributed by atoms with Crippen LogP contribution < -0.4 is 5.73 Å². The molecule has 90 valence electrons. The van der Waals surface area contributed by atoms with Crippen molar-refractivity contribution in [3.63, 3.8) is 0 Å². The minimum atomic E-state index is -0.582. The Morgan fingerprint density at radius 1 is 1.44 bits per heavy atom. The highest BCUT2D eigenvalue weighted by Gasteiger charge is 2.23.